The highest BCUT2D eigenvalue weighted by Crippen LogP contribution is 2.48. The zero-order chi connectivity index (χ0) is 16.4. The molecule has 2 aliphatic heterocycles. The van der Waals surface area contributed by atoms with Crippen LogP contribution in [0.2, 0.25) is 0 Å². The highest BCUT2D eigenvalue weighted by molar-refractivity contribution is 5.79. The zero-order valence-electron chi connectivity index (χ0n) is 13.9. The Bertz CT molecular complexity index is 573. The van der Waals surface area contributed by atoms with Gasteiger partial charge < -0.3 is 14.4 Å². The van der Waals surface area contributed by atoms with Gasteiger partial charge in [0, 0.05) is 13.5 Å². The Hall–Kier alpha value is -1.65. The molecule has 2 saturated heterocycles. The molecule has 4 atom stereocenters. The van der Waals surface area contributed by atoms with E-state index in [9.17, 15) is 4.79 Å². The summed E-state index contributed by atoms with van der Waals surface area (Å²) in [4.78, 5) is 14.7. The minimum absolute atomic E-state index is 0.0791. The molecule has 2 heterocycles. The minimum atomic E-state index is -0.563. The van der Waals surface area contributed by atoms with E-state index in [-0.39, 0.29) is 18.1 Å². The van der Waals surface area contributed by atoms with Crippen LogP contribution in [0.5, 0.6) is 0 Å². The average molecular weight is 315 g/mol. The Morgan fingerprint density at radius 2 is 2.17 bits per heavy atom. The fraction of sp³-hybridized carbons (Fsp3) is 0.526. The molecule has 124 valence electrons. The molecule has 23 heavy (non-hydrogen) atoms. The highest BCUT2D eigenvalue weighted by atomic mass is 16.6. The Labute approximate surface area is 138 Å². The van der Waals surface area contributed by atoms with E-state index >= 15 is 0 Å². The molecule has 1 aromatic carbocycles. The molecule has 0 N–H and O–H groups in total. The first kappa shape index (κ1) is 16.2. The summed E-state index contributed by atoms with van der Waals surface area (Å²) in [5.41, 5.74) is 0.533. The number of hydrogen-bond acceptors (Lipinski definition) is 3. The van der Waals surface area contributed by atoms with Crippen molar-refractivity contribution in [2.45, 2.75) is 44.1 Å². The number of rotatable bonds is 5. The lowest BCUT2D eigenvalue weighted by molar-refractivity contribution is -0.165. The van der Waals surface area contributed by atoms with Crippen LogP contribution in [0.1, 0.15) is 37.9 Å². The summed E-state index contributed by atoms with van der Waals surface area (Å²) >= 11 is 0. The molecule has 0 unspecified atom stereocenters. The van der Waals surface area contributed by atoms with Crippen molar-refractivity contribution >= 4 is 5.91 Å². The summed E-state index contributed by atoms with van der Waals surface area (Å²) in [5.74, 6) is 0.463. The third-order valence-corrected chi connectivity index (χ3v) is 4.94. The number of nitrogens with zero attached hydrogens (tertiary/aromatic N) is 1. The molecular formula is C19H25NO3. The molecule has 0 radical (unpaired) electrons. The topological polar surface area (TPSA) is 38.8 Å². The summed E-state index contributed by atoms with van der Waals surface area (Å²) in [6.07, 6.45) is 4.00. The van der Waals surface area contributed by atoms with Crippen LogP contribution in [0.25, 0.3) is 0 Å². The van der Waals surface area contributed by atoms with Crippen LogP contribution in [0.15, 0.2) is 43.0 Å². The molecule has 4 nitrogen and oxygen atoms in total. The molecule has 0 bridgehead atoms. The highest BCUT2D eigenvalue weighted by Gasteiger charge is 2.55. The molecule has 4 heteroatoms. The fourth-order valence-electron chi connectivity index (χ4n) is 4.11. The predicted octanol–water partition coefficient (Wildman–Crippen LogP) is 3.30. The molecule has 3 rings (SSSR count). The van der Waals surface area contributed by atoms with Gasteiger partial charge in [-0.1, -0.05) is 36.4 Å². The molecule has 1 amide bonds. The van der Waals surface area contributed by atoms with Crippen molar-refractivity contribution in [1.82, 2.24) is 4.90 Å². The maximum Gasteiger partial charge on any atom is 0.225 e. The third-order valence-electron chi connectivity index (χ3n) is 4.94. The van der Waals surface area contributed by atoms with Crippen LogP contribution >= 0.6 is 0 Å². The fourth-order valence-corrected chi connectivity index (χ4v) is 4.11. The number of carbonyl (C=O) groups excluding carboxylic acids is 1. The summed E-state index contributed by atoms with van der Waals surface area (Å²) in [6.45, 7) is 6.32. The van der Waals surface area contributed by atoms with Gasteiger partial charge in [0.2, 0.25) is 5.91 Å². The summed E-state index contributed by atoms with van der Waals surface area (Å²) in [5, 5.41) is 0. The van der Waals surface area contributed by atoms with Crippen LogP contribution in [0.3, 0.4) is 0 Å². The van der Waals surface area contributed by atoms with Gasteiger partial charge in [0.05, 0.1) is 12.6 Å². The number of fused-ring (bicyclic) bond motifs is 1. The summed E-state index contributed by atoms with van der Waals surface area (Å²) in [7, 11) is 1.67. The van der Waals surface area contributed by atoms with E-state index < -0.39 is 5.72 Å². The van der Waals surface area contributed by atoms with Gasteiger partial charge in [-0.2, -0.15) is 0 Å². The van der Waals surface area contributed by atoms with Gasteiger partial charge in [0.1, 0.15) is 11.8 Å². The number of hydrogen-bond donors (Lipinski definition) is 0. The lowest BCUT2D eigenvalue weighted by Gasteiger charge is -2.43. The number of piperidine rings is 1. The molecule has 0 spiro atoms. The lowest BCUT2D eigenvalue weighted by atomic mass is 9.86. The smallest absolute Gasteiger partial charge is 0.225 e. The SMILES string of the molecule is C=CC[C@@H]1CC(=O)N2[C@@H](COC)[C@H](c3ccccc3)O[C@]2(C)C1. The van der Waals surface area contributed by atoms with Gasteiger partial charge in [0.25, 0.3) is 0 Å². The number of amides is 1. The van der Waals surface area contributed by atoms with E-state index in [1.165, 1.54) is 0 Å². The quantitative estimate of drug-likeness (QED) is 0.783. The Balaban J connectivity index is 1.93. The van der Waals surface area contributed by atoms with Crippen LogP contribution in [-0.2, 0) is 14.3 Å². The van der Waals surface area contributed by atoms with Crippen LogP contribution in [0, 0.1) is 5.92 Å². The average Bonchev–Trinajstić information content (AvgIpc) is 2.82. The number of methoxy groups -OCH3 is 1. The number of benzene rings is 1. The largest absolute Gasteiger partial charge is 0.382 e. The first-order valence-corrected chi connectivity index (χ1v) is 8.24. The Morgan fingerprint density at radius 3 is 2.83 bits per heavy atom. The van der Waals surface area contributed by atoms with Crippen molar-refractivity contribution in [3.05, 3.63) is 48.6 Å². The predicted molar refractivity (Wildman–Crippen MR) is 88.7 cm³/mol. The van der Waals surface area contributed by atoms with Crippen molar-refractivity contribution in [1.29, 1.82) is 0 Å². The van der Waals surface area contributed by atoms with Crippen LogP contribution < -0.4 is 0 Å². The number of ether oxygens (including phenoxy) is 2. The summed E-state index contributed by atoms with van der Waals surface area (Å²) < 4.78 is 11.8. The maximum absolute atomic E-state index is 12.8. The van der Waals surface area contributed by atoms with E-state index in [0.29, 0.717) is 18.9 Å². The molecular weight excluding hydrogens is 290 g/mol. The molecule has 0 saturated carbocycles. The second-order valence-corrected chi connectivity index (χ2v) is 6.71. The van der Waals surface area contributed by atoms with Crippen molar-refractivity contribution < 1.29 is 14.3 Å². The van der Waals surface area contributed by atoms with Gasteiger partial charge in [0.15, 0.2) is 0 Å². The molecule has 2 fully saturated rings. The first-order valence-electron chi connectivity index (χ1n) is 8.24. The van der Waals surface area contributed by atoms with Gasteiger partial charge in [-0.3, -0.25) is 4.79 Å². The van der Waals surface area contributed by atoms with E-state index in [1.807, 2.05) is 36.1 Å². The first-order chi connectivity index (χ1) is 11.1. The Kier molecular flexibility index (Phi) is 4.55. The van der Waals surface area contributed by atoms with Gasteiger partial charge in [-0.05, 0) is 31.2 Å². The summed E-state index contributed by atoms with van der Waals surface area (Å²) in [6, 6.07) is 10.0. The zero-order valence-corrected chi connectivity index (χ0v) is 13.9. The van der Waals surface area contributed by atoms with Crippen LogP contribution in [-0.4, -0.2) is 36.3 Å². The van der Waals surface area contributed by atoms with Gasteiger partial charge in [-0.25, -0.2) is 0 Å². The monoisotopic (exact) mass is 315 g/mol. The maximum atomic E-state index is 12.8. The van der Waals surface area contributed by atoms with Crippen LogP contribution in [0.4, 0.5) is 0 Å². The molecule has 0 aliphatic carbocycles. The van der Waals surface area contributed by atoms with Gasteiger partial charge >= 0.3 is 0 Å². The normalized spacial score (nSPS) is 33.6. The van der Waals surface area contributed by atoms with E-state index in [1.54, 1.807) is 7.11 Å². The van der Waals surface area contributed by atoms with E-state index in [4.69, 9.17) is 9.47 Å². The second kappa shape index (κ2) is 6.46. The van der Waals surface area contributed by atoms with Crippen molar-refractivity contribution in [3.8, 4) is 0 Å². The minimum Gasteiger partial charge on any atom is -0.382 e. The second-order valence-electron chi connectivity index (χ2n) is 6.71. The number of allylic oxidation sites excluding steroid dienone is 1. The molecule has 0 aromatic heterocycles. The van der Waals surface area contributed by atoms with E-state index in [2.05, 4.69) is 18.7 Å². The Morgan fingerprint density at radius 1 is 1.43 bits per heavy atom. The van der Waals surface area contributed by atoms with Crippen molar-refractivity contribution in [3.63, 3.8) is 0 Å². The molecule has 2 aliphatic rings. The third kappa shape index (κ3) is 2.93. The van der Waals surface area contributed by atoms with Crippen molar-refractivity contribution in [2.75, 3.05) is 13.7 Å². The van der Waals surface area contributed by atoms with Crippen molar-refractivity contribution in [2.24, 2.45) is 5.92 Å². The van der Waals surface area contributed by atoms with E-state index in [0.717, 1.165) is 18.4 Å². The standard InChI is InChI=1S/C19H25NO3/c1-4-8-14-11-17(21)20-16(13-22-3)18(23-19(20,2)12-14)15-9-6-5-7-10-15/h4-7,9-10,14,16,18H,1,8,11-13H2,2-3H3/t14-,16+,18+,19-/m1/s1. The molecule has 1 aromatic rings. The number of carbonyl (C=O) groups is 1. The van der Waals surface area contributed by atoms with Gasteiger partial charge in [-0.15, -0.1) is 6.58 Å². The lowest BCUT2D eigenvalue weighted by Crippen LogP contribution is -2.55.